The number of aliphatic hydroxyl groups is 1. The summed E-state index contributed by atoms with van der Waals surface area (Å²) in [7, 11) is 4.25. The number of aryl methyl sites for hydroxylation is 2. The molecule has 112 valence electrons. The lowest BCUT2D eigenvalue weighted by Crippen LogP contribution is -2.55. The predicted molar refractivity (Wildman–Crippen MR) is 85.1 cm³/mol. The lowest BCUT2D eigenvalue weighted by Gasteiger charge is -2.46. The standard InChI is InChI=1S/C18H29NO/c1-14-9-8-10-15(2)16(14)13-17(20)18(19(3)4)11-6-5-7-12-18/h8-10,17,20H,5-7,11-13H2,1-4H3. The van der Waals surface area contributed by atoms with Crippen LogP contribution in [0.1, 0.15) is 48.8 Å². The van der Waals surface area contributed by atoms with Crippen LogP contribution in [0.15, 0.2) is 18.2 Å². The van der Waals surface area contributed by atoms with Crippen LogP contribution < -0.4 is 0 Å². The Balaban J connectivity index is 2.23. The van der Waals surface area contributed by atoms with E-state index in [0.29, 0.717) is 0 Å². The fraction of sp³-hybridized carbons (Fsp3) is 0.667. The molecule has 1 atom stereocenters. The highest BCUT2D eigenvalue weighted by molar-refractivity contribution is 5.34. The molecule has 0 saturated heterocycles. The van der Waals surface area contributed by atoms with Gasteiger partial charge in [0, 0.05) is 12.0 Å². The summed E-state index contributed by atoms with van der Waals surface area (Å²) >= 11 is 0. The number of rotatable bonds is 4. The fourth-order valence-electron chi connectivity index (χ4n) is 3.80. The van der Waals surface area contributed by atoms with Gasteiger partial charge in [0.15, 0.2) is 0 Å². The van der Waals surface area contributed by atoms with Crippen LogP contribution in [-0.2, 0) is 6.42 Å². The van der Waals surface area contributed by atoms with Crippen LogP contribution in [0, 0.1) is 13.8 Å². The van der Waals surface area contributed by atoms with Crippen molar-refractivity contribution in [1.82, 2.24) is 4.90 Å². The Morgan fingerprint density at radius 2 is 1.65 bits per heavy atom. The fourth-order valence-corrected chi connectivity index (χ4v) is 3.80. The molecule has 0 aliphatic heterocycles. The summed E-state index contributed by atoms with van der Waals surface area (Å²) in [5, 5.41) is 11.0. The lowest BCUT2D eigenvalue weighted by atomic mass is 9.74. The average molecular weight is 275 g/mol. The molecule has 20 heavy (non-hydrogen) atoms. The summed E-state index contributed by atoms with van der Waals surface area (Å²) in [6.45, 7) is 4.30. The molecule has 0 amide bonds. The molecule has 0 radical (unpaired) electrons. The molecule has 2 rings (SSSR count). The Morgan fingerprint density at radius 1 is 1.10 bits per heavy atom. The zero-order valence-electron chi connectivity index (χ0n) is 13.4. The first-order chi connectivity index (χ1) is 9.47. The van der Waals surface area contributed by atoms with Crippen molar-refractivity contribution in [1.29, 1.82) is 0 Å². The van der Waals surface area contributed by atoms with Crippen LogP contribution in [0.5, 0.6) is 0 Å². The van der Waals surface area contributed by atoms with E-state index < -0.39 is 0 Å². The zero-order chi connectivity index (χ0) is 14.8. The minimum Gasteiger partial charge on any atom is -0.391 e. The molecular formula is C18H29NO. The number of benzene rings is 1. The van der Waals surface area contributed by atoms with Crippen LogP contribution in [-0.4, -0.2) is 35.7 Å². The van der Waals surface area contributed by atoms with Crippen molar-refractivity contribution < 1.29 is 5.11 Å². The largest absolute Gasteiger partial charge is 0.391 e. The maximum absolute atomic E-state index is 11.0. The van der Waals surface area contributed by atoms with Crippen LogP contribution >= 0.6 is 0 Å². The van der Waals surface area contributed by atoms with Gasteiger partial charge in [-0.05, 0) is 57.5 Å². The van der Waals surface area contributed by atoms with Crippen molar-refractivity contribution in [2.75, 3.05) is 14.1 Å². The van der Waals surface area contributed by atoms with E-state index in [4.69, 9.17) is 0 Å². The van der Waals surface area contributed by atoms with Gasteiger partial charge in [0.2, 0.25) is 0 Å². The first-order valence-corrected chi connectivity index (χ1v) is 7.88. The number of hydrogen-bond donors (Lipinski definition) is 1. The highest BCUT2D eigenvalue weighted by Gasteiger charge is 2.41. The molecule has 1 unspecified atom stereocenters. The normalized spacial score (nSPS) is 20.1. The first kappa shape index (κ1) is 15.5. The van der Waals surface area contributed by atoms with Crippen LogP contribution in [0.25, 0.3) is 0 Å². The second-order valence-electron chi connectivity index (χ2n) is 6.65. The Kier molecular flexibility index (Phi) is 4.87. The topological polar surface area (TPSA) is 23.5 Å². The summed E-state index contributed by atoms with van der Waals surface area (Å²) in [6, 6.07) is 6.40. The Hall–Kier alpha value is -0.860. The summed E-state index contributed by atoms with van der Waals surface area (Å²) in [5.41, 5.74) is 3.89. The summed E-state index contributed by atoms with van der Waals surface area (Å²) in [6.07, 6.45) is 6.52. The van der Waals surface area contributed by atoms with Gasteiger partial charge >= 0.3 is 0 Å². The van der Waals surface area contributed by atoms with Gasteiger partial charge in [-0.25, -0.2) is 0 Å². The van der Waals surface area contributed by atoms with Crippen molar-refractivity contribution in [3.05, 3.63) is 34.9 Å². The second-order valence-corrected chi connectivity index (χ2v) is 6.65. The van der Waals surface area contributed by atoms with Crippen molar-refractivity contribution >= 4 is 0 Å². The van der Waals surface area contributed by atoms with E-state index in [1.54, 1.807) is 0 Å². The van der Waals surface area contributed by atoms with Gasteiger partial charge in [-0.3, -0.25) is 0 Å². The SMILES string of the molecule is Cc1cccc(C)c1CC(O)C1(N(C)C)CCCCC1. The van der Waals surface area contributed by atoms with Gasteiger partial charge in [0.1, 0.15) is 0 Å². The molecule has 1 N–H and O–H groups in total. The van der Waals surface area contributed by atoms with Crippen LogP contribution in [0.3, 0.4) is 0 Å². The van der Waals surface area contributed by atoms with E-state index in [0.717, 1.165) is 19.3 Å². The molecule has 1 saturated carbocycles. The van der Waals surface area contributed by atoms with Crippen LogP contribution in [0.2, 0.25) is 0 Å². The summed E-state index contributed by atoms with van der Waals surface area (Å²) in [5.74, 6) is 0. The van der Waals surface area contributed by atoms with Gasteiger partial charge in [-0.1, -0.05) is 37.5 Å². The van der Waals surface area contributed by atoms with Gasteiger partial charge in [0.25, 0.3) is 0 Å². The molecule has 1 fully saturated rings. The van der Waals surface area contributed by atoms with Crippen molar-refractivity contribution in [2.45, 2.75) is 64.0 Å². The lowest BCUT2D eigenvalue weighted by molar-refractivity contribution is -0.0311. The van der Waals surface area contributed by atoms with E-state index in [9.17, 15) is 5.11 Å². The van der Waals surface area contributed by atoms with Crippen LogP contribution in [0.4, 0.5) is 0 Å². The molecule has 1 aromatic carbocycles. The smallest absolute Gasteiger partial charge is 0.0764 e. The molecular weight excluding hydrogens is 246 g/mol. The molecule has 0 bridgehead atoms. The Bertz CT molecular complexity index is 426. The van der Waals surface area contributed by atoms with E-state index in [2.05, 4.69) is 51.0 Å². The third-order valence-corrected chi connectivity index (χ3v) is 5.27. The molecule has 1 aromatic rings. The van der Waals surface area contributed by atoms with Crippen molar-refractivity contribution in [3.63, 3.8) is 0 Å². The maximum atomic E-state index is 11.0. The predicted octanol–water partition coefficient (Wildman–Crippen LogP) is 3.47. The maximum Gasteiger partial charge on any atom is 0.0764 e. The first-order valence-electron chi connectivity index (χ1n) is 7.88. The number of hydrogen-bond acceptors (Lipinski definition) is 2. The van der Waals surface area contributed by atoms with Crippen molar-refractivity contribution in [3.8, 4) is 0 Å². The molecule has 0 aromatic heterocycles. The minimum atomic E-state index is -0.280. The molecule has 0 spiro atoms. The summed E-state index contributed by atoms with van der Waals surface area (Å²) in [4.78, 5) is 2.27. The van der Waals surface area contributed by atoms with Gasteiger partial charge in [0.05, 0.1) is 6.10 Å². The molecule has 0 heterocycles. The number of nitrogens with zero attached hydrogens (tertiary/aromatic N) is 1. The van der Waals surface area contributed by atoms with E-state index in [1.807, 2.05) is 0 Å². The zero-order valence-corrected chi connectivity index (χ0v) is 13.4. The van der Waals surface area contributed by atoms with E-state index in [1.165, 1.54) is 36.0 Å². The van der Waals surface area contributed by atoms with Gasteiger partial charge in [-0.2, -0.15) is 0 Å². The third kappa shape index (κ3) is 2.91. The second kappa shape index (κ2) is 6.28. The van der Waals surface area contributed by atoms with E-state index >= 15 is 0 Å². The third-order valence-electron chi connectivity index (χ3n) is 5.27. The molecule has 1 aliphatic carbocycles. The highest BCUT2D eigenvalue weighted by atomic mass is 16.3. The van der Waals surface area contributed by atoms with E-state index in [-0.39, 0.29) is 11.6 Å². The Labute approximate surface area is 123 Å². The number of aliphatic hydroxyl groups excluding tert-OH is 1. The van der Waals surface area contributed by atoms with Gasteiger partial charge < -0.3 is 10.0 Å². The monoisotopic (exact) mass is 275 g/mol. The Morgan fingerprint density at radius 3 is 2.15 bits per heavy atom. The average Bonchev–Trinajstić information content (AvgIpc) is 2.43. The molecule has 2 heteroatoms. The van der Waals surface area contributed by atoms with Gasteiger partial charge in [-0.15, -0.1) is 0 Å². The minimum absolute atomic E-state index is 0.0348. The highest BCUT2D eigenvalue weighted by Crippen LogP contribution is 2.36. The molecule has 2 nitrogen and oxygen atoms in total. The number of likely N-dealkylation sites (N-methyl/N-ethyl adjacent to an activating group) is 1. The quantitative estimate of drug-likeness (QED) is 0.909. The van der Waals surface area contributed by atoms with Crippen molar-refractivity contribution in [2.24, 2.45) is 0 Å². The summed E-state index contributed by atoms with van der Waals surface area (Å²) < 4.78 is 0. The molecule has 1 aliphatic rings.